The van der Waals surface area contributed by atoms with Crippen molar-refractivity contribution >= 4 is 17.7 Å². The number of carboxylic acids is 1. The van der Waals surface area contributed by atoms with Crippen LogP contribution >= 0.6 is 0 Å². The lowest BCUT2D eigenvalue weighted by Gasteiger charge is -2.35. The molecule has 0 bridgehead atoms. The molecule has 2 aromatic rings. The molecule has 1 saturated carbocycles. The van der Waals surface area contributed by atoms with Gasteiger partial charge in [-0.15, -0.1) is 0 Å². The number of aliphatic carboxylic acids is 1. The van der Waals surface area contributed by atoms with E-state index in [0.717, 1.165) is 56.6 Å². The molecule has 0 saturated heterocycles. The molecule has 1 aromatic carbocycles. The molecule has 0 spiro atoms. The van der Waals surface area contributed by atoms with Gasteiger partial charge in [0.05, 0.1) is 18.6 Å². The van der Waals surface area contributed by atoms with E-state index in [0.29, 0.717) is 11.5 Å². The number of fused-ring (bicyclic) bond motifs is 1. The summed E-state index contributed by atoms with van der Waals surface area (Å²) in [5, 5.41) is 25.1. The van der Waals surface area contributed by atoms with Crippen molar-refractivity contribution in [2.75, 3.05) is 25.1 Å². The predicted octanol–water partition coefficient (Wildman–Crippen LogP) is 2.90. The molecule has 188 valence electrons. The topological polar surface area (TPSA) is 121 Å². The highest BCUT2D eigenvalue weighted by Gasteiger charge is 2.31. The Hall–Kier alpha value is -2.97. The van der Waals surface area contributed by atoms with E-state index >= 15 is 0 Å². The van der Waals surface area contributed by atoms with Crippen LogP contribution in [0.4, 0.5) is 5.82 Å². The number of aromatic nitrogens is 1. The Labute approximate surface area is 206 Å². The molecule has 2 atom stereocenters. The van der Waals surface area contributed by atoms with Crippen molar-refractivity contribution < 1.29 is 24.5 Å². The summed E-state index contributed by atoms with van der Waals surface area (Å²) in [5.74, 6) is -0.771. The maximum absolute atomic E-state index is 12.6. The molecule has 4 rings (SSSR count). The van der Waals surface area contributed by atoms with Crippen molar-refractivity contribution in [2.45, 2.75) is 63.0 Å². The zero-order chi connectivity index (χ0) is 24.6. The second-order valence-corrected chi connectivity index (χ2v) is 9.54. The zero-order valence-electron chi connectivity index (χ0n) is 20.0. The highest BCUT2D eigenvalue weighted by Crippen LogP contribution is 2.34. The minimum atomic E-state index is -1.11. The van der Waals surface area contributed by atoms with Gasteiger partial charge in [0.1, 0.15) is 11.9 Å². The van der Waals surface area contributed by atoms with Crippen LogP contribution in [-0.2, 0) is 27.2 Å². The molecule has 2 aliphatic rings. The molecule has 1 aliphatic heterocycles. The van der Waals surface area contributed by atoms with Crippen molar-refractivity contribution in [1.82, 2.24) is 10.3 Å². The molecule has 8 heteroatoms. The first kappa shape index (κ1) is 25.1. The Morgan fingerprint density at radius 2 is 1.97 bits per heavy atom. The third-order valence-corrected chi connectivity index (χ3v) is 7.03. The Balaban J connectivity index is 1.15. The van der Waals surface area contributed by atoms with Crippen LogP contribution in [0.2, 0.25) is 0 Å². The standard InChI is InChI=1S/C27H35N3O5/c31-17-23(19-5-2-1-3-6-19)26(32)30-24(27(33)34)12-14-35-22-15-18(16-22)8-10-21-11-9-20-7-4-13-28-25(20)29-21/h1-3,5-6,9,11,18,22-24,31H,4,7-8,10,12-17H2,(H,28,29)(H,30,32)(H,33,34)/t18-,22+,23-,24?/m0/s1. The summed E-state index contributed by atoms with van der Waals surface area (Å²) in [6.07, 6.45) is 6.53. The molecular formula is C27H35N3O5. The van der Waals surface area contributed by atoms with Gasteiger partial charge in [-0.2, -0.15) is 0 Å². The maximum Gasteiger partial charge on any atom is 0.326 e. The number of benzene rings is 1. The number of aryl methyl sites for hydroxylation is 2. The lowest BCUT2D eigenvalue weighted by atomic mass is 9.79. The number of carbonyl (C=O) groups excluding carboxylic acids is 1. The van der Waals surface area contributed by atoms with E-state index in [1.54, 1.807) is 24.3 Å². The van der Waals surface area contributed by atoms with Crippen molar-refractivity contribution in [2.24, 2.45) is 5.92 Å². The van der Waals surface area contributed by atoms with Crippen LogP contribution in [0.3, 0.4) is 0 Å². The molecule has 1 aromatic heterocycles. The molecule has 2 heterocycles. The van der Waals surface area contributed by atoms with Crippen molar-refractivity contribution in [3.63, 3.8) is 0 Å². The quantitative estimate of drug-likeness (QED) is 0.368. The molecule has 35 heavy (non-hydrogen) atoms. The van der Waals surface area contributed by atoms with Gasteiger partial charge < -0.3 is 25.6 Å². The lowest BCUT2D eigenvalue weighted by molar-refractivity contribution is -0.143. The second kappa shape index (κ2) is 12.1. The minimum Gasteiger partial charge on any atom is -0.480 e. The van der Waals surface area contributed by atoms with Crippen LogP contribution < -0.4 is 10.6 Å². The summed E-state index contributed by atoms with van der Waals surface area (Å²) in [5.41, 5.74) is 3.08. The average Bonchev–Trinajstić information content (AvgIpc) is 2.85. The minimum absolute atomic E-state index is 0.137. The normalized spacial score (nSPS) is 20.6. The van der Waals surface area contributed by atoms with E-state index in [-0.39, 0.29) is 25.7 Å². The molecule has 1 amide bonds. The number of ether oxygens (including phenoxy) is 1. The zero-order valence-corrected chi connectivity index (χ0v) is 20.0. The van der Waals surface area contributed by atoms with Gasteiger partial charge in [-0.25, -0.2) is 9.78 Å². The largest absolute Gasteiger partial charge is 0.480 e. The first-order valence-electron chi connectivity index (χ1n) is 12.6. The van der Waals surface area contributed by atoms with E-state index in [2.05, 4.69) is 22.8 Å². The van der Waals surface area contributed by atoms with Crippen LogP contribution in [0.25, 0.3) is 0 Å². The Morgan fingerprint density at radius 1 is 1.17 bits per heavy atom. The van der Waals surface area contributed by atoms with Gasteiger partial charge in [-0.1, -0.05) is 36.4 Å². The number of hydrogen-bond acceptors (Lipinski definition) is 6. The summed E-state index contributed by atoms with van der Waals surface area (Å²) < 4.78 is 5.88. The molecular weight excluding hydrogens is 446 g/mol. The molecule has 1 fully saturated rings. The van der Waals surface area contributed by atoms with Crippen molar-refractivity contribution in [1.29, 1.82) is 0 Å². The third kappa shape index (κ3) is 6.80. The summed E-state index contributed by atoms with van der Waals surface area (Å²) >= 11 is 0. The first-order valence-corrected chi connectivity index (χ1v) is 12.6. The van der Waals surface area contributed by atoms with E-state index in [4.69, 9.17) is 9.72 Å². The highest BCUT2D eigenvalue weighted by atomic mass is 16.5. The van der Waals surface area contributed by atoms with Crippen LogP contribution in [0.15, 0.2) is 42.5 Å². The van der Waals surface area contributed by atoms with Gasteiger partial charge in [0, 0.05) is 25.3 Å². The summed E-state index contributed by atoms with van der Waals surface area (Å²) in [6.45, 7) is 0.869. The fourth-order valence-electron chi connectivity index (χ4n) is 4.81. The lowest BCUT2D eigenvalue weighted by Crippen LogP contribution is -2.44. The Kier molecular flexibility index (Phi) is 8.71. The molecule has 0 radical (unpaired) electrons. The van der Waals surface area contributed by atoms with Gasteiger partial charge in [0.15, 0.2) is 0 Å². The average molecular weight is 482 g/mol. The number of hydrogen-bond donors (Lipinski definition) is 4. The number of pyridine rings is 1. The highest BCUT2D eigenvalue weighted by molar-refractivity contribution is 5.88. The Bertz CT molecular complexity index is 994. The van der Waals surface area contributed by atoms with Crippen LogP contribution in [0, 0.1) is 5.92 Å². The SMILES string of the molecule is O=C(O)C(CCO[C@H]1C[C@@H](CCc2ccc3c(n2)NCCC3)C1)NC(=O)[C@@H](CO)c1ccccc1. The summed E-state index contributed by atoms with van der Waals surface area (Å²) in [7, 11) is 0. The number of amides is 1. The van der Waals surface area contributed by atoms with E-state index in [9.17, 15) is 19.8 Å². The smallest absolute Gasteiger partial charge is 0.326 e. The third-order valence-electron chi connectivity index (χ3n) is 7.03. The molecule has 8 nitrogen and oxygen atoms in total. The number of nitrogens with one attached hydrogen (secondary N) is 2. The number of nitrogens with zero attached hydrogens (tertiary/aromatic N) is 1. The number of aliphatic hydroxyl groups is 1. The number of rotatable bonds is 12. The van der Waals surface area contributed by atoms with Crippen LogP contribution in [0.1, 0.15) is 54.8 Å². The van der Waals surface area contributed by atoms with Crippen molar-refractivity contribution in [3.05, 3.63) is 59.3 Å². The number of anilines is 1. The van der Waals surface area contributed by atoms with Gasteiger partial charge in [0.25, 0.3) is 0 Å². The molecule has 1 aliphatic carbocycles. The van der Waals surface area contributed by atoms with E-state index in [1.807, 2.05) is 6.07 Å². The first-order chi connectivity index (χ1) is 17.0. The van der Waals surface area contributed by atoms with Crippen molar-refractivity contribution in [3.8, 4) is 0 Å². The number of carboxylic acid groups (broad SMARTS) is 1. The Morgan fingerprint density at radius 3 is 2.71 bits per heavy atom. The van der Waals surface area contributed by atoms with Gasteiger partial charge in [-0.05, 0) is 61.6 Å². The molecule has 1 unspecified atom stereocenters. The van der Waals surface area contributed by atoms with Crippen LogP contribution in [0.5, 0.6) is 0 Å². The van der Waals surface area contributed by atoms with Gasteiger partial charge in [0.2, 0.25) is 5.91 Å². The monoisotopic (exact) mass is 481 g/mol. The van der Waals surface area contributed by atoms with Gasteiger partial charge in [-0.3, -0.25) is 4.79 Å². The summed E-state index contributed by atoms with van der Waals surface area (Å²) in [6, 6.07) is 12.1. The van der Waals surface area contributed by atoms with E-state index < -0.39 is 23.8 Å². The van der Waals surface area contributed by atoms with Crippen LogP contribution in [-0.4, -0.2) is 59.0 Å². The fourth-order valence-corrected chi connectivity index (χ4v) is 4.81. The second-order valence-electron chi connectivity index (χ2n) is 9.54. The maximum atomic E-state index is 12.6. The summed E-state index contributed by atoms with van der Waals surface area (Å²) in [4.78, 5) is 29.0. The predicted molar refractivity (Wildman–Crippen MR) is 132 cm³/mol. The fraction of sp³-hybridized carbons (Fsp3) is 0.519. The van der Waals surface area contributed by atoms with Gasteiger partial charge >= 0.3 is 5.97 Å². The number of aliphatic hydroxyl groups excluding tert-OH is 1. The number of carbonyl (C=O) groups is 2. The van der Waals surface area contributed by atoms with E-state index in [1.165, 1.54) is 5.56 Å². The molecule has 4 N–H and O–H groups in total.